The van der Waals surface area contributed by atoms with Gasteiger partial charge in [0.2, 0.25) is 0 Å². The van der Waals surface area contributed by atoms with Crippen molar-refractivity contribution < 1.29 is 0 Å². The summed E-state index contributed by atoms with van der Waals surface area (Å²) >= 11 is 0. The number of unbranched alkanes of at least 4 members (excludes halogenated alkanes) is 1. The van der Waals surface area contributed by atoms with Crippen LogP contribution in [0.3, 0.4) is 0 Å². The number of piperidine rings is 1. The van der Waals surface area contributed by atoms with Crippen LogP contribution in [0.2, 0.25) is 0 Å². The summed E-state index contributed by atoms with van der Waals surface area (Å²) in [6, 6.07) is 9.05. The Morgan fingerprint density at radius 2 is 1.90 bits per heavy atom. The SMILES string of the molecule is CCCCN1CCC(c2cccc(NC(C)(C)C)c2)CC1. The first kappa shape index (κ1) is 16.4. The van der Waals surface area contributed by atoms with E-state index in [1.54, 1.807) is 0 Å². The number of hydrogen-bond acceptors (Lipinski definition) is 2. The van der Waals surface area contributed by atoms with E-state index < -0.39 is 0 Å². The smallest absolute Gasteiger partial charge is 0.0347 e. The van der Waals surface area contributed by atoms with E-state index in [2.05, 4.69) is 62.2 Å². The van der Waals surface area contributed by atoms with Gasteiger partial charge >= 0.3 is 0 Å². The summed E-state index contributed by atoms with van der Waals surface area (Å²) in [7, 11) is 0. The summed E-state index contributed by atoms with van der Waals surface area (Å²) in [6.45, 7) is 12.7. The van der Waals surface area contributed by atoms with Crippen LogP contribution in [0.25, 0.3) is 0 Å². The van der Waals surface area contributed by atoms with E-state index in [-0.39, 0.29) is 5.54 Å². The Hall–Kier alpha value is -1.02. The summed E-state index contributed by atoms with van der Waals surface area (Å²) in [5.74, 6) is 0.740. The molecule has 1 N–H and O–H groups in total. The van der Waals surface area contributed by atoms with Gasteiger partial charge in [0, 0.05) is 11.2 Å². The third-order valence-electron chi connectivity index (χ3n) is 4.29. The molecule has 0 saturated carbocycles. The molecule has 118 valence electrons. The lowest BCUT2D eigenvalue weighted by Crippen LogP contribution is -2.33. The van der Waals surface area contributed by atoms with E-state index in [9.17, 15) is 0 Å². The second kappa shape index (κ2) is 7.31. The molecule has 0 spiro atoms. The van der Waals surface area contributed by atoms with Crippen molar-refractivity contribution in [2.45, 2.75) is 64.8 Å². The zero-order valence-corrected chi connectivity index (χ0v) is 14.3. The van der Waals surface area contributed by atoms with Gasteiger partial charge in [0.1, 0.15) is 0 Å². The fourth-order valence-corrected chi connectivity index (χ4v) is 3.17. The van der Waals surface area contributed by atoms with Crippen LogP contribution in [0.5, 0.6) is 0 Å². The molecule has 1 aromatic carbocycles. The Balaban J connectivity index is 1.92. The molecule has 2 nitrogen and oxygen atoms in total. The first-order chi connectivity index (χ1) is 9.98. The predicted molar refractivity (Wildman–Crippen MR) is 93.1 cm³/mol. The van der Waals surface area contributed by atoms with E-state index in [4.69, 9.17) is 0 Å². The third-order valence-corrected chi connectivity index (χ3v) is 4.29. The molecule has 0 atom stereocenters. The zero-order chi connectivity index (χ0) is 15.3. The molecule has 2 rings (SSSR count). The van der Waals surface area contributed by atoms with Gasteiger partial charge in [0.05, 0.1) is 0 Å². The molecule has 1 aliphatic rings. The Kier molecular flexibility index (Phi) is 5.69. The Morgan fingerprint density at radius 1 is 1.19 bits per heavy atom. The minimum atomic E-state index is 0.127. The molecule has 0 bridgehead atoms. The third kappa shape index (κ3) is 5.35. The highest BCUT2D eigenvalue weighted by Crippen LogP contribution is 2.30. The van der Waals surface area contributed by atoms with Crippen molar-refractivity contribution in [3.8, 4) is 0 Å². The van der Waals surface area contributed by atoms with Crippen molar-refractivity contribution in [2.24, 2.45) is 0 Å². The zero-order valence-electron chi connectivity index (χ0n) is 14.3. The topological polar surface area (TPSA) is 15.3 Å². The van der Waals surface area contributed by atoms with Gasteiger partial charge in [-0.2, -0.15) is 0 Å². The van der Waals surface area contributed by atoms with E-state index >= 15 is 0 Å². The normalized spacial score (nSPS) is 17.9. The molecule has 1 heterocycles. The quantitative estimate of drug-likeness (QED) is 0.831. The fourth-order valence-electron chi connectivity index (χ4n) is 3.17. The highest BCUT2D eigenvalue weighted by atomic mass is 15.1. The van der Waals surface area contributed by atoms with Crippen molar-refractivity contribution in [3.63, 3.8) is 0 Å². The number of rotatable bonds is 5. The van der Waals surface area contributed by atoms with Crippen LogP contribution < -0.4 is 5.32 Å². The van der Waals surface area contributed by atoms with Crippen LogP contribution in [0.15, 0.2) is 24.3 Å². The largest absolute Gasteiger partial charge is 0.380 e. The van der Waals surface area contributed by atoms with Crippen LogP contribution in [0.4, 0.5) is 5.69 Å². The lowest BCUT2D eigenvalue weighted by Gasteiger charge is -2.32. The van der Waals surface area contributed by atoms with Gasteiger partial charge in [-0.1, -0.05) is 25.5 Å². The van der Waals surface area contributed by atoms with E-state index in [0.717, 1.165) is 5.92 Å². The first-order valence-corrected chi connectivity index (χ1v) is 8.58. The predicted octanol–water partition coefficient (Wildman–Crippen LogP) is 4.88. The van der Waals surface area contributed by atoms with Gasteiger partial charge in [-0.3, -0.25) is 0 Å². The van der Waals surface area contributed by atoms with Gasteiger partial charge in [0.25, 0.3) is 0 Å². The van der Waals surface area contributed by atoms with Gasteiger partial charge in [-0.15, -0.1) is 0 Å². The lowest BCUT2D eigenvalue weighted by molar-refractivity contribution is 0.209. The van der Waals surface area contributed by atoms with Crippen molar-refractivity contribution in [2.75, 3.05) is 25.0 Å². The lowest BCUT2D eigenvalue weighted by atomic mass is 9.89. The molecule has 0 unspecified atom stereocenters. The molecule has 1 saturated heterocycles. The Labute approximate surface area is 130 Å². The fraction of sp³-hybridized carbons (Fsp3) is 0.684. The maximum absolute atomic E-state index is 3.59. The van der Waals surface area contributed by atoms with Crippen molar-refractivity contribution in [1.29, 1.82) is 0 Å². The number of likely N-dealkylation sites (tertiary alicyclic amines) is 1. The number of anilines is 1. The molecule has 1 aromatic rings. The number of hydrogen-bond donors (Lipinski definition) is 1. The number of benzene rings is 1. The minimum absolute atomic E-state index is 0.127. The van der Waals surface area contributed by atoms with Gasteiger partial charge in [-0.25, -0.2) is 0 Å². The van der Waals surface area contributed by atoms with Crippen LogP contribution in [-0.4, -0.2) is 30.1 Å². The second-order valence-electron chi connectivity index (χ2n) is 7.47. The van der Waals surface area contributed by atoms with Crippen LogP contribution in [0, 0.1) is 0 Å². The van der Waals surface area contributed by atoms with Crippen molar-refractivity contribution >= 4 is 5.69 Å². The molecule has 0 amide bonds. The van der Waals surface area contributed by atoms with Crippen LogP contribution >= 0.6 is 0 Å². The van der Waals surface area contributed by atoms with E-state index in [1.165, 1.54) is 56.6 Å². The summed E-state index contributed by atoms with van der Waals surface area (Å²) in [4.78, 5) is 2.64. The van der Waals surface area contributed by atoms with E-state index in [0.29, 0.717) is 0 Å². The highest BCUT2D eigenvalue weighted by Gasteiger charge is 2.20. The average molecular weight is 288 g/mol. The maximum Gasteiger partial charge on any atom is 0.0347 e. The molecule has 1 fully saturated rings. The van der Waals surface area contributed by atoms with E-state index in [1.807, 2.05) is 0 Å². The van der Waals surface area contributed by atoms with Gasteiger partial charge < -0.3 is 10.2 Å². The molecular weight excluding hydrogens is 256 g/mol. The molecule has 0 radical (unpaired) electrons. The Morgan fingerprint density at radius 3 is 2.52 bits per heavy atom. The summed E-state index contributed by atoms with van der Waals surface area (Å²) in [5.41, 5.74) is 2.90. The summed E-state index contributed by atoms with van der Waals surface area (Å²) in [5, 5.41) is 3.59. The monoisotopic (exact) mass is 288 g/mol. The average Bonchev–Trinajstić information content (AvgIpc) is 2.44. The molecule has 1 aliphatic heterocycles. The van der Waals surface area contributed by atoms with Crippen LogP contribution in [-0.2, 0) is 0 Å². The molecule has 2 heteroatoms. The van der Waals surface area contributed by atoms with Crippen LogP contribution in [0.1, 0.15) is 64.9 Å². The number of nitrogens with zero attached hydrogens (tertiary/aromatic N) is 1. The standard InChI is InChI=1S/C19H32N2/c1-5-6-12-21-13-10-16(11-14-21)17-8-7-9-18(15-17)20-19(2,3)4/h7-9,15-16,20H,5-6,10-14H2,1-4H3. The van der Waals surface area contributed by atoms with Crippen molar-refractivity contribution in [3.05, 3.63) is 29.8 Å². The minimum Gasteiger partial charge on any atom is -0.380 e. The second-order valence-corrected chi connectivity index (χ2v) is 7.47. The summed E-state index contributed by atoms with van der Waals surface area (Å²) < 4.78 is 0. The van der Waals surface area contributed by atoms with Crippen molar-refractivity contribution in [1.82, 2.24) is 4.90 Å². The molecule has 21 heavy (non-hydrogen) atoms. The van der Waals surface area contributed by atoms with Gasteiger partial charge in [0.15, 0.2) is 0 Å². The summed E-state index contributed by atoms with van der Waals surface area (Å²) in [6.07, 6.45) is 5.27. The molecule has 0 aromatic heterocycles. The Bertz CT molecular complexity index is 425. The van der Waals surface area contributed by atoms with Gasteiger partial charge in [-0.05, 0) is 83.3 Å². The molecular formula is C19H32N2. The molecule has 0 aliphatic carbocycles. The number of nitrogens with one attached hydrogen (secondary N) is 1. The highest BCUT2D eigenvalue weighted by molar-refractivity contribution is 5.48. The maximum atomic E-state index is 3.59. The first-order valence-electron chi connectivity index (χ1n) is 8.58.